The van der Waals surface area contributed by atoms with Crippen LogP contribution < -0.4 is 5.32 Å². The van der Waals surface area contributed by atoms with Crippen molar-refractivity contribution in [2.75, 3.05) is 26.9 Å². The summed E-state index contributed by atoms with van der Waals surface area (Å²) in [5.74, 6) is 0. The maximum Gasteiger partial charge on any atom is 0.0881 e. The first-order valence-electron chi connectivity index (χ1n) is 7.33. The lowest BCUT2D eigenvalue weighted by Gasteiger charge is -2.43. The molecule has 1 aliphatic rings. The summed E-state index contributed by atoms with van der Waals surface area (Å²) >= 11 is 5.95. The molecule has 1 aromatic carbocycles. The summed E-state index contributed by atoms with van der Waals surface area (Å²) in [5, 5.41) is 4.23. The van der Waals surface area contributed by atoms with Crippen molar-refractivity contribution in [3.63, 3.8) is 0 Å². The van der Waals surface area contributed by atoms with Gasteiger partial charge in [-0.1, -0.05) is 23.7 Å². The molecule has 20 heavy (non-hydrogen) atoms. The lowest BCUT2D eigenvalue weighted by atomic mass is 9.82. The van der Waals surface area contributed by atoms with Gasteiger partial charge >= 0.3 is 0 Å². The van der Waals surface area contributed by atoms with Crippen LogP contribution in [0, 0.1) is 0 Å². The molecule has 4 heteroatoms. The van der Waals surface area contributed by atoms with Crippen molar-refractivity contribution in [3.8, 4) is 0 Å². The van der Waals surface area contributed by atoms with Crippen molar-refractivity contribution >= 4 is 11.6 Å². The molecule has 1 unspecified atom stereocenters. The number of halogens is 1. The van der Waals surface area contributed by atoms with E-state index >= 15 is 0 Å². The molecule has 3 nitrogen and oxygen atoms in total. The number of nitrogens with one attached hydrogen (secondary N) is 1. The van der Waals surface area contributed by atoms with Gasteiger partial charge in [-0.2, -0.15) is 0 Å². The highest BCUT2D eigenvalue weighted by atomic mass is 35.5. The molecule has 1 aliphatic heterocycles. The van der Waals surface area contributed by atoms with Crippen LogP contribution in [0.25, 0.3) is 0 Å². The second-order valence-electron chi connectivity index (χ2n) is 5.28. The van der Waals surface area contributed by atoms with Crippen LogP contribution in [0.4, 0.5) is 0 Å². The molecule has 1 heterocycles. The molecule has 1 N–H and O–H groups in total. The predicted octanol–water partition coefficient (Wildman–Crippen LogP) is 3.06. The maximum absolute atomic E-state index is 6.15. The third kappa shape index (κ3) is 3.73. The van der Waals surface area contributed by atoms with E-state index in [1.54, 1.807) is 0 Å². The molecule has 2 rings (SSSR count). The number of likely N-dealkylation sites (N-methyl/N-ethyl adjacent to an activating group) is 1. The van der Waals surface area contributed by atoms with Gasteiger partial charge < -0.3 is 14.8 Å². The molecule has 0 saturated carbocycles. The maximum atomic E-state index is 6.15. The molecule has 112 valence electrons. The Balaban J connectivity index is 2.13. The minimum absolute atomic E-state index is 0.124. The van der Waals surface area contributed by atoms with Crippen LogP contribution in [0.3, 0.4) is 0 Å². The molecule has 0 aliphatic carbocycles. The number of ether oxygens (including phenoxy) is 2. The lowest BCUT2D eigenvalue weighted by molar-refractivity contribution is -0.125. The Kier molecular flexibility index (Phi) is 5.85. The van der Waals surface area contributed by atoms with Crippen molar-refractivity contribution in [2.24, 2.45) is 0 Å². The first-order chi connectivity index (χ1) is 9.70. The van der Waals surface area contributed by atoms with Gasteiger partial charge in [0.05, 0.1) is 5.60 Å². The van der Waals surface area contributed by atoms with E-state index in [-0.39, 0.29) is 11.6 Å². The highest BCUT2D eigenvalue weighted by Crippen LogP contribution is 2.31. The SMILES string of the molecule is CCOC1(C(Cc2ccc(Cl)cc2)NC)CCOCC1. The Labute approximate surface area is 126 Å². The van der Waals surface area contributed by atoms with Crippen LogP contribution in [0.15, 0.2) is 24.3 Å². The summed E-state index contributed by atoms with van der Waals surface area (Å²) in [6.45, 7) is 4.35. The Hall–Kier alpha value is -0.610. The Morgan fingerprint density at radius 3 is 2.50 bits per heavy atom. The smallest absolute Gasteiger partial charge is 0.0881 e. The number of hydrogen-bond acceptors (Lipinski definition) is 3. The highest BCUT2D eigenvalue weighted by molar-refractivity contribution is 6.30. The molecule has 0 amide bonds. The zero-order chi connectivity index (χ0) is 14.4. The van der Waals surface area contributed by atoms with Crippen LogP contribution in [0.2, 0.25) is 5.02 Å². The predicted molar refractivity (Wildman–Crippen MR) is 82.4 cm³/mol. The fourth-order valence-electron chi connectivity index (χ4n) is 3.01. The van der Waals surface area contributed by atoms with E-state index in [0.717, 1.165) is 44.1 Å². The second kappa shape index (κ2) is 7.41. The molecule has 0 radical (unpaired) electrons. The summed E-state index contributed by atoms with van der Waals surface area (Å²) in [5.41, 5.74) is 1.15. The monoisotopic (exact) mass is 297 g/mol. The first kappa shape index (κ1) is 15.8. The minimum atomic E-state index is -0.124. The Morgan fingerprint density at radius 1 is 1.30 bits per heavy atom. The summed E-state index contributed by atoms with van der Waals surface area (Å²) < 4.78 is 11.7. The molecular weight excluding hydrogens is 274 g/mol. The van der Waals surface area contributed by atoms with Gasteiger partial charge in [0.1, 0.15) is 0 Å². The van der Waals surface area contributed by atoms with Crippen molar-refractivity contribution in [3.05, 3.63) is 34.9 Å². The van der Waals surface area contributed by atoms with Crippen LogP contribution >= 0.6 is 11.6 Å². The van der Waals surface area contributed by atoms with E-state index in [0.29, 0.717) is 0 Å². The van der Waals surface area contributed by atoms with Gasteiger partial charge in [-0.25, -0.2) is 0 Å². The van der Waals surface area contributed by atoms with Crippen LogP contribution in [-0.2, 0) is 15.9 Å². The van der Waals surface area contributed by atoms with Gasteiger partial charge in [-0.3, -0.25) is 0 Å². The largest absolute Gasteiger partial charge is 0.381 e. The second-order valence-corrected chi connectivity index (χ2v) is 5.72. The summed E-state index contributed by atoms with van der Waals surface area (Å²) in [6, 6.07) is 8.35. The first-order valence-corrected chi connectivity index (χ1v) is 7.71. The number of rotatable bonds is 6. The van der Waals surface area contributed by atoms with E-state index in [1.165, 1.54) is 5.56 Å². The van der Waals surface area contributed by atoms with Crippen molar-refractivity contribution in [2.45, 2.75) is 37.8 Å². The lowest BCUT2D eigenvalue weighted by Crippen LogP contribution is -2.55. The number of benzene rings is 1. The van der Waals surface area contributed by atoms with Gasteiger partial charge in [0.2, 0.25) is 0 Å². The average Bonchev–Trinajstić information content (AvgIpc) is 2.48. The van der Waals surface area contributed by atoms with Gasteiger partial charge in [0.15, 0.2) is 0 Å². The topological polar surface area (TPSA) is 30.5 Å². The van der Waals surface area contributed by atoms with E-state index in [9.17, 15) is 0 Å². The van der Waals surface area contributed by atoms with Crippen LogP contribution in [-0.4, -0.2) is 38.5 Å². The van der Waals surface area contributed by atoms with Gasteiger partial charge in [-0.05, 0) is 38.1 Å². The summed E-state index contributed by atoms with van der Waals surface area (Å²) in [7, 11) is 2.01. The molecule has 1 atom stereocenters. The van der Waals surface area contributed by atoms with Gasteiger partial charge in [-0.15, -0.1) is 0 Å². The van der Waals surface area contributed by atoms with E-state index in [4.69, 9.17) is 21.1 Å². The minimum Gasteiger partial charge on any atom is -0.381 e. The number of hydrogen-bond donors (Lipinski definition) is 1. The quantitative estimate of drug-likeness (QED) is 0.875. The molecule has 0 spiro atoms. The zero-order valence-corrected chi connectivity index (χ0v) is 13.1. The molecule has 0 aromatic heterocycles. The third-order valence-electron chi connectivity index (χ3n) is 4.11. The fraction of sp³-hybridized carbons (Fsp3) is 0.625. The van der Waals surface area contributed by atoms with Crippen molar-refractivity contribution in [1.82, 2.24) is 5.32 Å². The highest BCUT2D eigenvalue weighted by Gasteiger charge is 2.40. The summed E-state index contributed by atoms with van der Waals surface area (Å²) in [4.78, 5) is 0. The fourth-order valence-corrected chi connectivity index (χ4v) is 3.13. The van der Waals surface area contributed by atoms with Crippen LogP contribution in [0.1, 0.15) is 25.3 Å². The van der Waals surface area contributed by atoms with E-state index < -0.39 is 0 Å². The zero-order valence-electron chi connectivity index (χ0n) is 12.3. The molecule has 1 saturated heterocycles. The normalized spacial score (nSPS) is 19.8. The van der Waals surface area contributed by atoms with Gasteiger partial charge in [0.25, 0.3) is 0 Å². The summed E-state index contributed by atoms with van der Waals surface area (Å²) in [6.07, 6.45) is 2.83. The van der Waals surface area contributed by atoms with Gasteiger partial charge in [0, 0.05) is 43.7 Å². The molecule has 1 aromatic rings. The Bertz CT molecular complexity index is 396. The van der Waals surface area contributed by atoms with Crippen LogP contribution in [0.5, 0.6) is 0 Å². The van der Waals surface area contributed by atoms with Crippen molar-refractivity contribution in [1.29, 1.82) is 0 Å². The third-order valence-corrected chi connectivity index (χ3v) is 4.36. The molecular formula is C16H24ClNO2. The Morgan fingerprint density at radius 2 is 1.95 bits per heavy atom. The van der Waals surface area contributed by atoms with Crippen molar-refractivity contribution < 1.29 is 9.47 Å². The van der Waals surface area contributed by atoms with E-state index in [2.05, 4.69) is 24.4 Å². The van der Waals surface area contributed by atoms with E-state index in [1.807, 2.05) is 19.2 Å². The molecule has 1 fully saturated rings. The standard InChI is InChI=1S/C16H24ClNO2/c1-3-20-16(8-10-19-11-9-16)15(18-2)12-13-4-6-14(17)7-5-13/h4-7,15,18H,3,8-12H2,1-2H3. The average molecular weight is 298 g/mol. The molecule has 0 bridgehead atoms.